The van der Waals surface area contributed by atoms with Crippen LogP contribution in [0.1, 0.15) is 29.8 Å². The van der Waals surface area contributed by atoms with E-state index in [1.165, 1.54) is 29.2 Å². The summed E-state index contributed by atoms with van der Waals surface area (Å²) < 4.78 is 18.8. The first-order valence-electron chi connectivity index (χ1n) is 7.41. The maximum Gasteiger partial charge on any atom is 0.335 e. The quantitative estimate of drug-likeness (QED) is 0.939. The number of carbonyl (C=O) groups is 2. The Bertz CT molecular complexity index is 814. The van der Waals surface area contributed by atoms with Gasteiger partial charge in [-0.15, -0.1) is 0 Å². The molecule has 0 unspecified atom stereocenters. The second kappa shape index (κ2) is 5.63. The molecule has 1 heterocycles. The Morgan fingerprint density at radius 1 is 1.21 bits per heavy atom. The van der Waals surface area contributed by atoms with Crippen molar-refractivity contribution in [1.29, 1.82) is 0 Å². The van der Waals surface area contributed by atoms with Crippen molar-refractivity contribution in [2.24, 2.45) is 0 Å². The Balaban J connectivity index is 2.03. The molecule has 0 saturated carbocycles. The molecule has 0 saturated heterocycles. The number of hydrogen-bond acceptors (Lipinski definition) is 3. The third-order valence-corrected chi connectivity index (χ3v) is 3.88. The summed E-state index contributed by atoms with van der Waals surface area (Å²) in [5.74, 6) is -1.33. The lowest BCUT2D eigenvalue weighted by atomic mass is 10.0. The highest BCUT2D eigenvalue weighted by molar-refractivity contribution is 6.03. The largest absolute Gasteiger partial charge is 0.478 e. The zero-order valence-corrected chi connectivity index (χ0v) is 13.2. The van der Waals surface area contributed by atoms with Crippen LogP contribution in [0.5, 0.6) is 5.75 Å². The molecule has 6 heteroatoms. The van der Waals surface area contributed by atoms with E-state index in [1.807, 2.05) is 0 Å². The van der Waals surface area contributed by atoms with Gasteiger partial charge in [-0.1, -0.05) is 12.1 Å². The molecule has 1 N–H and O–H groups in total. The van der Waals surface area contributed by atoms with Crippen LogP contribution in [0, 0.1) is 5.82 Å². The summed E-state index contributed by atoms with van der Waals surface area (Å²) in [4.78, 5) is 25.4. The zero-order valence-electron chi connectivity index (χ0n) is 13.2. The number of halogens is 1. The highest BCUT2D eigenvalue weighted by Crippen LogP contribution is 2.39. The average Bonchev–Trinajstić information content (AvgIpc) is 2.52. The molecule has 3 rings (SSSR count). The molecule has 1 amide bonds. The molecule has 0 aromatic heterocycles. The lowest BCUT2D eigenvalue weighted by molar-refractivity contribution is -0.132. The number of ether oxygens (including phenoxy) is 1. The molecule has 0 fully saturated rings. The number of anilines is 1. The maximum absolute atomic E-state index is 13.1. The molecule has 124 valence electrons. The predicted octanol–water partition coefficient (Wildman–Crippen LogP) is 3.23. The average molecular weight is 329 g/mol. The van der Waals surface area contributed by atoms with Crippen LogP contribution in [-0.2, 0) is 11.3 Å². The minimum absolute atomic E-state index is 0.0839. The van der Waals surface area contributed by atoms with Crippen LogP contribution in [0.15, 0.2) is 42.5 Å². The van der Waals surface area contributed by atoms with Gasteiger partial charge >= 0.3 is 5.97 Å². The topological polar surface area (TPSA) is 66.8 Å². The summed E-state index contributed by atoms with van der Waals surface area (Å²) >= 11 is 0. The zero-order chi connectivity index (χ0) is 17.5. The molecule has 1 aliphatic rings. The van der Waals surface area contributed by atoms with E-state index in [9.17, 15) is 14.0 Å². The van der Waals surface area contributed by atoms with Gasteiger partial charge in [-0.2, -0.15) is 0 Å². The van der Waals surface area contributed by atoms with Crippen LogP contribution >= 0.6 is 0 Å². The standard InChI is InChI=1S/C18H16FNO4/c1-18(2)17(23)20(10-11-3-6-13(19)7-4-11)14-8-5-12(16(21)22)9-15(14)24-18/h3-9H,10H2,1-2H3,(H,21,22). The van der Waals surface area contributed by atoms with Gasteiger partial charge in [0.2, 0.25) is 0 Å². The molecule has 0 spiro atoms. The van der Waals surface area contributed by atoms with Crippen LogP contribution < -0.4 is 9.64 Å². The van der Waals surface area contributed by atoms with E-state index >= 15 is 0 Å². The number of carboxylic acid groups (broad SMARTS) is 1. The molecular weight excluding hydrogens is 313 g/mol. The number of rotatable bonds is 3. The Labute approximate surface area is 138 Å². The van der Waals surface area contributed by atoms with E-state index in [0.29, 0.717) is 11.4 Å². The first-order chi connectivity index (χ1) is 11.3. The second-order valence-electron chi connectivity index (χ2n) is 6.12. The Kier molecular flexibility index (Phi) is 3.75. The molecule has 0 bridgehead atoms. The molecule has 0 radical (unpaired) electrons. The van der Waals surface area contributed by atoms with Crippen LogP contribution in [0.4, 0.5) is 10.1 Å². The van der Waals surface area contributed by atoms with Crippen molar-refractivity contribution in [1.82, 2.24) is 0 Å². The van der Waals surface area contributed by atoms with Crippen LogP contribution in [-0.4, -0.2) is 22.6 Å². The Morgan fingerprint density at radius 3 is 2.50 bits per heavy atom. The molecule has 2 aromatic carbocycles. The summed E-state index contributed by atoms with van der Waals surface area (Å²) in [5.41, 5.74) is 0.217. The monoisotopic (exact) mass is 329 g/mol. The number of carbonyl (C=O) groups excluding carboxylic acids is 1. The van der Waals surface area contributed by atoms with E-state index < -0.39 is 11.6 Å². The van der Waals surface area contributed by atoms with Gasteiger partial charge < -0.3 is 14.7 Å². The lowest BCUT2D eigenvalue weighted by Crippen LogP contribution is -2.52. The van der Waals surface area contributed by atoms with Crippen molar-refractivity contribution in [2.45, 2.75) is 26.0 Å². The fraction of sp³-hybridized carbons (Fsp3) is 0.222. The first-order valence-corrected chi connectivity index (χ1v) is 7.41. The van der Waals surface area contributed by atoms with Gasteiger partial charge in [0.05, 0.1) is 17.8 Å². The minimum Gasteiger partial charge on any atom is -0.478 e. The van der Waals surface area contributed by atoms with Crippen LogP contribution in [0.25, 0.3) is 0 Å². The van der Waals surface area contributed by atoms with E-state index in [-0.39, 0.29) is 23.8 Å². The number of amides is 1. The number of nitrogens with zero attached hydrogens (tertiary/aromatic N) is 1. The number of fused-ring (bicyclic) bond motifs is 1. The van der Waals surface area contributed by atoms with Crippen molar-refractivity contribution in [2.75, 3.05) is 4.90 Å². The first kappa shape index (κ1) is 16.0. The van der Waals surface area contributed by atoms with Crippen molar-refractivity contribution < 1.29 is 23.8 Å². The minimum atomic E-state index is -1.12. The number of aromatic carboxylic acids is 1. The van der Waals surface area contributed by atoms with Gasteiger partial charge in [-0.05, 0) is 49.7 Å². The molecule has 0 aliphatic carbocycles. The number of hydrogen-bond donors (Lipinski definition) is 1. The van der Waals surface area contributed by atoms with Crippen LogP contribution in [0.3, 0.4) is 0 Å². The van der Waals surface area contributed by atoms with Gasteiger partial charge in [0.1, 0.15) is 11.6 Å². The molecule has 5 nitrogen and oxygen atoms in total. The molecule has 1 aliphatic heterocycles. The van der Waals surface area contributed by atoms with Crippen molar-refractivity contribution in [3.05, 3.63) is 59.4 Å². The van der Waals surface area contributed by atoms with Crippen molar-refractivity contribution >= 4 is 17.6 Å². The lowest BCUT2D eigenvalue weighted by Gasteiger charge is -2.39. The van der Waals surface area contributed by atoms with Gasteiger partial charge in [-0.3, -0.25) is 4.79 Å². The SMILES string of the molecule is CC1(C)Oc2cc(C(=O)O)ccc2N(Cc2ccc(F)cc2)C1=O. The van der Waals surface area contributed by atoms with E-state index in [0.717, 1.165) is 5.56 Å². The summed E-state index contributed by atoms with van der Waals surface area (Å²) in [6.45, 7) is 3.50. The third-order valence-electron chi connectivity index (χ3n) is 3.88. The van der Waals surface area contributed by atoms with Crippen LogP contribution in [0.2, 0.25) is 0 Å². The Morgan fingerprint density at radius 2 is 1.88 bits per heavy atom. The predicted molar refractivity (Wildman–Crippen MR) is 85.7 cm³/mol. The Hall–Kier alpha value is -2.89. The molecule has 2 aromatic rings. The molecule has 0 atom stereocenters. The molecule has 24 heavy (non-hydrogen) atoms. The fourth-order valence-electron chi connectivity index (χ4n) is 2.63. The highest BCUT2D eigenvalue weighted by atomic mass is 19.1. The summed E-state index contributed by atoms with van der Waals surface area (Å²) in [7, 11) is 0. The van der Waals surface area contributed by atoms with E-state index in [2.05, 4.69) is 0 Å². The second-order valence-corrected chi connectivity index (χ2v) is 6.12. The van der Waals surface area contributed by atoms with Gasteiger partial charge in [0, 0.05) is 0 Å². The van der Waals surface area contributed by atoms with Crippen molar-refractivity contribution in [3.63, 3.8) is 0 Å². The summed E-state index contributed by atoms with van der Waals surface area (Å²) in [6.07, 6.45) is 0. The van der Waals surface area contributed by atoms with Crippen molar-refractivity contribution in [3.8, 4) is 5.75 Å². The van der Waals surface area contributed by atoms with Gasteiger partial charge in [0.25, 0.3) is 5.91 Å². The smallest absolute Gasteiger partial charge is 0.335 e. The fourth-order valence-corrected chi connectivity index (χ4v) is 2.63. The summed E-state index contributed by atoms with van der Waals surface area (Å²) in [5, 5.41) is 9.12. The maximum atomic E-state index is 13.1. The van der Waals surface area contributed by atoms with Gasteiger partial charge in [-0.25, -0.2) is 9.18 Å². The third kappa shape index (κ3) is 2.82. The molecular formula is C18H16FNO4. The summed E-state index contributed by atoms with van der Waals surface area (Å²) in [6, 6.07) is 10.3. The van der Waals surface area contributed by atoms with E-state index in [1.54, 1.807) is 32.0 Å². The highest BCUT2D eigenvalue weighted by Gasteiger charge is 2.41. The van der Waals surface area contributed by atoms with Gasteiger partial charge in [0.15, 0.2) is 5.60 Å². The van der Waals surface area contributed by atoms with E-state index in [4.69, 9.17) is 9.84 Å². The number of benzene rings is 2. The number of carboxylic acids is 1. The normalized spacial score (nSPS) is 15.6.